The molecule has 0 aliphatic heterocycles. The Morgan fingerprint density at radius 2 is 2.10 bits per heavy atom. The van der Waals surface area contributed by atoms with Crippen molar-refractivity contribution < 1.29 is 22.3 Å². The van der Waals surface area contributed by atoms with Crippen LogP contribution in [0.4, 0.5) is 10.1 Å². The molecule has 21 heavy (non-hydrogen) atoms. The zero-order chi connectivity index (χ0) is 15.6. The first-order chi connectivity index (χ1) is 9.83. The summed E-state index contributed by atoms with van der Waals surface area (Å²) in [4.78, 5) is 13.6. The minimum absolute atomic E-state index is 0.00462. The Kier molecular flexibility index (Phi) is 4.19. The van der Waals surface area contributed by atoms with Crippen LogP contribution in [0.3, 0.4) is 0 Å². The van der Waals surface area contributed by atoms with E-state index in [-0.39, 0.29) is 21.3 Å². The summed E-state index contributed by atoms with van der Waals surface area (Å²) in [6.45, 7) is 0. The first-order valence-corrected chi connectivity index (χ1v) is 7.44. The number of esters is 1. The van der Waals surface area contributed by atoms with Crippen molar-refractivity contribution in [1.82, 2.24) is 4.98 Å². The van der Waals surface area contributed by atoms with Crippen molar-refractivity contribution in [3.8, 4) is 0 Å². The highest BCUT2D eigenvalue weighted by molar-refractivity contribution is 7.92. The van der Waals surface area contributed by atoms with Gasteiger partial charge in [0.25, 0.3) is 10.0 Å². The van der Waals surface area contributed by atoms with E-state index < -0.39 is 21.8 Å². The number of methoxy groups -OCH3 is 1. The molecule has 112 valence electrons. The molecule has 0 unspecified atom stereocenters. The average Bonchev–Trinajstić information content (AvgIpc) is 2.92. The molecule has 2 N–H and O–H groups in total. The van der Waals surface area contributed by atoms with Crippen LogP contribution in [0.5, 0.6) is 0 Å². The van der Waals surface area contributed by atoms with Crippen molar-refractivity contribution >= 4 is 33.3 Å². The average molecular weight is 333 g/mol. The Labute approximate surface area is 124 Å². The third kappa shape index (κ3) is 3.34. The normalized spacial score (nSPS) is 11.2. The lowest BCUT2D eigenvalue weighted by molar-refractivity contribution is 0.0595. The van der Waals surface area contributed by atoms with Crippen LogP contribution in [0.25, 0.3) is 0 Å². The van der Waals surface area contributed by atoms with Crippen molar-refractivity contribution in [2.75, 3.05) is 11.8 Å². The SMILES string of the molecule is COC(=O)c1cc(S(=O)(=O)Nc2ccc(F)c(Cl)c2)c[nH]1. The van der Waals surface area contributed by atoms with Gasteiger partial charge in [-0.25, -0.2) is 17.6 Å². The number of rotatable bonds is 4. The Morgan fingerprint density at radius 1 is 1.38 bits per heavy atom. The standard InChI is InChI=1S/C12H10ClFN2O4S/c1-20-12(17)11-5-8(6-15-11)21(18,19)16-7-2-3-10(14)9(13)4-7/h2-6,15-16H,1H3. The third-order valence-corrected chi connectivity index (χ3v) is 4.19. The maximum Gasteiger partial charge on any atom is 0.354 e. The molecule has 2 aromatic rings. The van der Waals surface area contributed by atoms with Gasteiger partial charge in [-0.15, -0.1) is 0 Å². The summed E-state index contributed by atoms with van der Waals surface area (Å²) in [6.07, 6.45) is 1.14. The van der Waals surface area contributed by atoms with Gasteiger partial charge in [-0.2, -0.15) is 0 Å². The summed E-state index contributed by atoms with van der Waals surface area (Å²) in [6, 6.07) is 4.53. The summed E-state index contributed by atoms with van der Waals surface area (Å²) in [5.41, 5.74) is 0.0947. The van der Waals surface area contributed by atoms with Gasteiger partial charge in [0, 0.05) is 6.20 Å². The Balaban J connectivity index is 2.27. The number of hydrogen-bond donors (Lipinski definition) is 2. The highest BCUT2D eigenvalue weighted by atomic mass is 35.5. The Morgan fingerprint density at radius 3 is 2.71 bits per heavy atom. The van der Waals surface area contributed by atoms with Gasteiger partial charge in [-0.05, 0) is 24.3 Å². The first-order valence-electron chi connectivity index (χ1n) is 5.58. The zero-order valence-corrected chi connectivity index (χ0v) is 12.3. The minimum atomic E-state index is -3.93. The lowest BCUT2D eigenvalue weighted by Gasteiger charge is -2.06. The molecule has 6 nitrogen and oxygen atoms in total. The minimum Gasteiger partial charge on any atom is -0.464 e. The number of carbonyl (C=O) groups is 1. The zero-order valence-electron chi connectivity index (χ0n) is 10.7. The van der Waals surface area contributed by atoms with Crippen molar-refractivity contribution in [3.05, 3.63) is 47.0 Å². The number of aromatic amines is 1. The fraction of sp³-hybridized carbons (Fsp3) is 0.0833. The molecule has 0 fully saturated rings. The second-order valence-electron chi connectivity index (χ2n) is 3.98. The van der Waals surface area contributed by atoms with Crippen molar-refractivity contribution in [2.45, 2.75) is 4.90 Å². The molecule has 2 rings (SSSR count). The largest absolute Gasteiger partial charge is 0.464 e. The van der Waals surface area contributed by atoms with Gasteiger partial charge in [-0.1, -0.05) is 11.6 Å². The van der Waals surface area contributed by atoms with Gasteiger partial charge >= 0.3 is 5.97 Å². The molecule has 0 atom stereocenters. The predicted octanol–water partition coefficient (Wildman–Crippen LogP) is 2.39. The summed E-state index contributed by atoms with van der Waals surface area (Å²) >= 11 is 5.58. The molecule has 0 spiro atoms. The third-order valence-electron chi connectivity index (χ3n) is 2.54. The molecule has 0 aliphatic carbocycles. The number of hydrogen-bond acceptors (Lipinski definition) is 4. The van der Waals surface area contributed by atoms with Gasteiger partial charge in [0.2, 0.25) is 0 Å². The van der Waals surface area contributed by atoms with E-state index in [0.717, 1.165) is 24.4 Å². The molecule has 1 aromatic heterocycles. The summed E-state index contributed by atoms with van der Waals surface area (Å²) < 4.78 is 43.9. The number of H-pyrrole nitrogens is 1. The summed E-state index contributed by atoms with van der Waals surface area (Å²) in [5.74, 6) is -1.35. The van der Waals surface area contributed by atoms with E-state index in [2.05, 4.69) is 14.4 Å². The monoisotopic (exact) mass is 332 g/mol. The number of benzene rings is 1. The fourth-order valence-corrected chi connectivity index (χ4v) is 2.75. The number of sulfonamides is 1. The smallest absolute Gasteiger partial charge is 0.354 e. The van der Waals surface area contributed by atoms with Crippen molar-refractivity contribution in [3.63, 3.8) is 0 Å². The van der Waals surface area contributed by atoms with E-state index in [1.165, 1.54) is 13.2 Å². The van der Waals surface area contributed by atoms with E-state index in [0.29, 0.717) is 0 Å². The maximum atomic E-state index is 13.0. The number of carbonyl (C=O) groups excluding carboxylic acids is 1. The van der Waals surface area contributed by atoms with Crippen molar-refractivity contribution in [2.24, 2.45) is 0 Å². The first kappa shape index (κ1) is 15.3. The fourth-order valence-electron chi connectivity index (χ4n) is 1.53. The van der Waals surface area contributed by atoms with Crippen LogP contribution >= 0.6 is 11.6 Å². The molecular weight excluding hydrogens is 323 g/mol. The quantitative estimate of drug-likeness (QED) is 0.841. The van der Waals surface area contributed by atoms with E-state index in [1.807, 2.05) is 0 Å². The number of halogens is 2. The molecular formula is C12H10ClFN2O4S. The maximum absolute atomic E-state index is 13.0. The van der Waals surface area contributed by atoms with Gasteiger partial charge in [0.15, 0.2) is 0 Å². The Bertz CT molecular complexity index is 788. The Hall–Kier alpha value is -2.06. The number of ether oxygens (including phenoxy) is 1. The van der Waals surface area contributed by atoms with E-state index >= 15 is 0 Å². The lowest BCUT2D eigenvalue weighted by atomic mass is 10.3. The molecule has 0 aliphatic rings. The van der Waals surface area contributed by atoms with E-state index in [1.54, 1.807) is 0 Å². The van der Waals surface area contributed by atoms with Crippen LogP contribution in [-0.2, 0) is 14.8 Å². The van der Waals surface area contributed by atoms with Crippen LogP contribution < -0.4 is 4.72 Å². The van der Waals surface area contributed by atoms with E-state index in [4.69, 9.17) is 11.6 Å². The number of nitrogens with one attached hydrogen (secondary N) is 2. The van der Waals surface area contributed by atoms with Gasteiger partial charge < -0.3 is 9.72 Å². The van der Waals surface area contributed by atoms with Gasteiger partial charge in [-0.3, -0.25) is 4.72 Å². The predicted molar refractivity (Wildman–Crippen MR) is 74.4 cm³/mol. The van der Waals surface area contributed by atoms with Gasteiger partial charge in [0.05, 0.1) is 17.8 Å². The highest BCUT2D eigenvalue weighted by Gasteiger charge is 2.19. The molecule has 0 amide bonds. The van der Waals surface area contributed by atoms with Crippen LogP contribution in [0.15, 0.2) is 35.4 Å². The van der Waals surface area contributed by atoms with Crippen LogP contribution in [0.2, 0.25) is 5.02 Å². The molecule has 0 saturated carbocycles. The molecule has 0 radical (unpaired) electrons. The highest BCUT2D eigenvalue weighted by Crippen LogP contribution is 2.22. The molecule has 1 aromatic carbocycles. The van der Waals surface area contributed by atoms with Crippen LogP contribution in [0.1, 0.15) is 10.5 Å². The van der Waals surface area contributed by atoms with Gasteiger partial charge in [0.1, 0.15) is 16.4 Å². The molecule has 1 heterocycles. The molecule has 0 bridgehead atoms. The second kappa shape index (κ2) is 5.74. The lowest BCUT2D eigenvalue weighted by Crippen LogP contribution is -2.12. The summed E-state index contributed by atoms with van der Waals surface area (Å²) in [7, 11) is -2.76. The van der Waals surface area contributed by atoms with Crippen molar-refractivity contribution in [1.29, 1.82) is 0 Å². The summed E-state index contributed by atoms with van der Waals surface area (Å²) in [5, 5.41) is -0.209. The van der Waals surface area contributed by atoms with E-state index in [9.17, 15) is 17.6 Å². The van der Waals surface area contributed by atoms with Crippen LogP contribution in [-0.4, -0.2) is 26.5 Å². The second-order valence-corrected chi connectivity index (χ2v) is 6.06. The molecule has 9 heteroatoms. The number of anilines is 1. The number of aromatic nitrogens is 1. The van der Waals surface area contributed by atoms with Crippen LogP contribution in [0, 0.1) is 5.82 Å². The molecule has 0 saturated heterocycles. The topological polar surface area (TPSA) is 88.3 Å².